The van der Waals surface area contributed by atoms with Crippen LogP contribution in [-0.2, 0) is 17.4 Å². The molecular weight excluding hydrogens is 419 g/mol. The summed E-state index contributed by atoms with van der Waals surface area (Å²) in [5.74, 6) is 0. The van der Waals surface area contributed by atoms with Crippen molar-refractivity contribution in [3.63, 3.8) is 0 Å². The molecular formula is C25H24Cl2Ti. The van der Waals surface area contributed by atoms with Crippen molar-refractivity contribution in [2.75, 3.05) is 0 Å². The summed E-state index contributed by atoms with van der Waals surface area (Å²) in [6.45, 7) is 4.61. The average molecular weight is 443 g/mol. The Kier molecular flexibility index (Phi) is 8.46. The molecule has 0 nitrogen and oxygen atoms in total. The van der Waals surface area contributed by atoms with Gasteiger partial charge in [0.05, 0.1) is 0 Å². The van der Waals surface area contributed by atoms with Crippen molar-refractivity contribution in [3.8, 4) is 0 Å². The van der Waals surface area contributed by atoms with Crippen molar-refractivity contribution >= 4 is 3.81 Å². The summed E-state index contributed by atoms with van der Waals surface area (Å²) < 4.78 is 5.03. The van der Waals surface area contributed by atoms with Crippen molar-refractivity contribution in [2.24, 2.45) is 0 Å². The minimum atomic E-state index is -1.83. The molecule has 0 fully saturated rings. The van der Waals surface area contributed by atoms with Crippen LogP contribution >= 0.6 is 0 Å². The predicted molar refractivity (Wildman–Crippen MR) is 109 cm³/mol. The molecule has 0 spiro atoms. The Balaban J connectivity index is 0.00000140. The first-order valence-electron chi connectivity index (χ1n) is 9.34. The second kappa shape index (κ2) is 10.4. The molecule has 28 heavy (non-hydrogen) atoms. The van der Waals surface area contributed by atoms with Gasteiger partial charge in [-0.25, -0.2) is 0 Å². The van der Waals surface area contributed by atoms with Gasteiger partial charge in [-0.1, -0.05) is 0 Å². The van der Waals surface area contributed by atoms with Crippen LogP contribution in [0.1, 0.15) is 37.8 Å². The summed E-state index contributed by atoms with van der Waals surface area (Å²) in [5, 5.41) is 0. The third kappa shape index (κ3) is 4.58. The van der Waals surface area contributed by atoms with E-state index in [4.69, 9.17) is 0 Å². The molecule has 4 rings (SSSR count). The molecule has 0 saturated heterocycles. The zero-order valence-corrected chi connectivity index (χ0v) is 19.3. The summed E-state index contributed by atoms with van der Waals surface area (Å²) in [4.78, 5) is 0. The molecule has 2 aliphatic carbocycles. The van der Waals surface area contributed by atoms with Crippen LogP contribution in [0.3, 0.4) is 0 Å². The monoisotopic (exact) mass is 442 g/mol. The number of halogens is 2. The second-order valence-corrected chi connectivity index (χ2v) is 10.9. The van der Waals surface area contributed by atoms with E-state index in [1.165, 1.54) is 22.3 Å². The molecule has 2 aromatic rings. The molecule has 0 saturated carbocycles. The van der Waals surface area contributed by atoms with Gasteiger partial charge in [-0.05, 0) is 0 Å². The van der Waals surface area contributed by atoms with E-state index in [2.05, 4.69) is 98.8 Å². The molecule has 0 unspecified atom stereocenters. The van der Waals surface area contributed by atoms with Gasteiger partial charge in [-0.15, -0.1) is 0 Å². The van der Waals surface area contributed by atoms with E-state index in [0.717, 1.165) is 12.8 Å². The zero-order valence-electron chi connectivity index (χ0n) is 16.3. The average Bonchev–Trinajstić information content (AvgIpc) is 3.29. The molecule has 0 aromatic heterocycles. The smallest absolute Gasteiger partial charge is 1.00 e. The van der Waals surface area contributed by atoms with Crippen molar-refractivity contribution < 1.29 is 42.2 Å². The van der Waals surface area contributed by atoms with Gasteiger partial charge in [0.25, 0.3) is 0 Å². The molecule has 142 valence electrons. The first-order valence-corrected chi connectivity index (χ1v) is 11.7. The maximum atomic E-state index is 2.35. The minimum absolute atomic E-state index is 0. The Morgan fingerprint density at radius 1 is 0.643 bits per heavy atom. The van der Waals surface area contributed by atoms with Crippen LogP contribution < -0.4 is 24.8 Å². The quantitative estimate of drug-likeness (QED) is 0.599. The van der Waals surface area contributed by atoms with Crippen molar-refractivity contribution in [1.29, 1.82) is 0 Å². The van der Waals surface area contributed by atoms with E-state index in [9.17, 15) is 0 Å². The number of hydrogen-bond acceptors (Lipinski definition) is 0. The van der Waals surface area contributed by atoms with Crippen LogP contribution in [-0.4, -0.2) is 3.81 Å². The van der Waals surface area contributed by atoms with Crippen LogP contribution in [0.15, 0.2) is 104 Å². The van der Waals surface area contributed by atoms with Gasteiger partial charge in [0.2, 0.25) is 0 Å². The van der Waals surface area contributed by atoms with Crippen LogP contribution in [0.25, 0.3) is 0 Å². The predicted octanol–water partition coefficient (Wildman–Crippen LogP) is 0.349. The topological polar surface area (TPSA) is 0 Å². The molecule has 2 aliphatic rings. The molecule has 0 amide bonds. The fourth-order valence-corrected chi connectivity index (χ4v) is 9.41. The largest absolute Gasteiger partial charge is 1.00 e. The van der Waals surface area contributed by atoms with E-state index in [-0.39, 0.29) is 24.8 Å². The van der Waals surface area contributed by atoms with Gasteiger partial charge in [0.15, 0.2) is 0 Å². The fraction of sp³-hybridized carbons (Fsp3) is 0.160. The van der Waals surface area contributed by atoms with Gasteiger partial charge < -0.3 is 24.8 Å². The SMILES string of the molecule is CC1=[C]([Ti+2]([C]2=C(C)C=CC2)=[C](c2ccccc2)c2ccccc2)CC=C1.[Cl-].[Cl-]. The Hall–Kier alpha value is -1.44. The molecule has 0 N–H and O–H groups in total. The summed E-state index contributed by atoms with van der Waals surface area (Å²) in [6.07, 6.45) is 11.6. The fourth-order valence-electron chi connectivity index (χ4n) is 3.98. The molecule has 0 radical (unpaired) electrons. The number of rotatable bonds is 4. The van der Waals surface area contributed by atoms with Crippen LogP contribution in [0.5, 0.6) is 0 Å². The summed E-state index contributed by atoms with van der Waals surface area (Å²) in [7, 11) is 0. The summed E-state index contributed by atoms with van der Waals surface area (Å²) >= 11 is -1.83. The molecule has 0 bridgehead atoms. The van der Waals surface area contributed by atoms with Gasteiger partial charge in [0.1, 0.15) is 0 Å². The molecule has 3 heteroatoms. The second-order valence-electron chi connectivity index (χ2n) is 7.02. The molecule has 2 aromatic carbocycles. The first-order chi connectivity index (χ1) is 12.8. The Morgan fingerprint density at radius 2 is 1.04 bits per heavy atom. The Labute approximate surface area is 186 Å². The maximum absolute atomic E-state index is 2.35. The van der Waals surface area contributed by atoms with Gasteiger partial charge in [0, 0.05) is 0 Å². The van der Waals surface area contributed by atoms with Crippen molar-refractivity contribution in [3.05, 3.63) is 115 Å². The van der Waals surface area contributed by atoms with E-state index in [0.29, 0.717) is 0 Å². The third-order valence-corrected chi connectivity index (χ3v) is 10.7. The van der Waals surface area contributed by atoms with Crippen molar-refractivity contribution in [2.45, 2.75) is 26.7 Å². The van der Waals surface area contributed by atoms with E-state index < -0.39 is 17.4 Å². The standard InChI is InChI=1S/C13H10.2C6H7.2ClH.Ti/c1-3-7-12(8-4-1)11-13-9-5-2-6-10-13;2*1-6-4-2-3-5-6;;;/h1-10H;2*2,4H,3H2,1H3;2*1H;/q;;;;;+2/p-2. The number of benzene rings is 2. The minimum Gasteiger partial charge on any atom is -1.00 e. The van der Waals surface area contributed by atoms with Gasteiger partial charge in [-0.3, -0.25) is 0 Å². The number of allylic oxidation sites excluding steroid dienone is 8. The normalized spacial score (nSPS) is 14.5. The van der Waals surface area contributed by atoms with E-state index in [1.54, 1.807) is 11.6 Å². The van der Waals surface area contributed by atoms with Crippen LogP contribution in [0, 0.1) is 0 Å². The van der Waals surface area contributed by atoms with Crippen molar-refractivity contribution in [1.82, 2.24) is 0 Å². The zero-order chi connectivity index (χ0) is 17.9. The van der Waals surface area contributed by atoms with E-state index >= 15 is 0 Å². The van der Waals surface area contributed by atoms with E-state index in [1.807, 2.05) is 0 Å². The molecule has 0 atom stereocenters. The molecule has 0 aliphatic heterocycles. The third-order valence-electron chi connectivity index (χ3n) is 5.31. The van der Waals surface area contributed by atoms with Crippen LogP contribution in [0.2, 0.25) is 0 Å². The number of hydrogen-bond donors (Lipinski definition) is 0. The Bertz CT molecular complexity index is 898. The van der Waals surface area contributed by atoms with Crippen LogP contribution in [0.4, 0.5) is 0 Å². The first kappa shape index (κ1) is 22.8. The molecule has 0 heterocycles. The Morgan fingerprint density at radius 3 is 1.36 bits per heavy atom. The summed E-state index contributed by atoms with van der Waals surface area (Å²) in [5.41, 5.74) is 5.79. The maximum Gasteiger partial charge on any atom is -1.00 e. The summed E-state index contributed by atoms with van der Waals surface area (Å²) in [6, 6.07) is 22.1. The van der Waals surface area contributed by atoms with Gasteiger partial charge in [-0.2, -0.15) is 0 Å². The van der Waals surface area contributed by atoms with Gasteiger partial charge >= 0.3 is 163 Å².